The van der Waals surface area contributed by atoms with Gasteiger partial charge in [0.15, 0.2) is 0 Å². The van der Waals surface area contributed by atoms with Gasteiger partial charge in [-0.1, -0.05) is 23.8 Å². The van der Waals surface area contributed by atoms with Crippen LogP contribution in [0.4, 0.5) is 0 Å². The molecule has 0 N–H and O–H groups in total. The maximum absolute atomic E-state index is 6.69. The van der Waals surface area contributed by atoms with Gasteiger partial charge < -0.3 is 9.47 Å². The summed E-state index contributed by atoms with van der Waals surface area (Å²) < 4.78 is 10.7. The minimum absolute atomic E-state index is 0.264. The maximum Gasteiger partial charge on any atom is 0.124 e. The second-order valence-electron chi connectivity index (χ2n) is 4.83. The lowest BCUT2D eigenvalue weighted by Gasteiger charge is -2.18. The summed E-state index contributed by atoms with van der Waals surface area (Å²) in [6, 6.07) is 12.0. The summed E-state index contributed by atoms with van der Waals surface area (Å²) in [6.45, 7) is 4.13. The van der Waals surface area contributed by atoms with Gasteiger partial charge in [-0.15, -0.1) is 11.6 Å². The van der Waals surface area contributed by atoms with Crippen molar-refractivity contribution in [2.75, 3.05) is 14.2 Å². The van der Waals surface area contributed by atoms with E-state index in [1.165, 1.54) is 11.1 Å². The van der Waals surface area contributed by atoms with Crippen LogP contribution in [0.3, 0.4) is 0 Å². The summed E-state index contributed by atoms with van der Waals surface area (Å²) in [4.78, 5) is 0. The Balaban J connectivity index is 2.51. The number of hydrogen-bond acceptors (Lipinski definition) is 2. The zero-order chi connectivity index (χ0) is 14.7. The molecule has 3 heteroatoms. The molecule has 1 atom stereocenters. The molecule has 0 saturated heterocycles. The lowest BCUT2D eigenvalue weighted by atomic mass is 9.97. The summed E-state index contributed by atoms with van der Waals surface area (Å²) in [7, 11) is 3.30. The molecule has 0 aliphatic rings. The Morgan fingerprint density at radius 1 is 0.900 bits per heavy atom. The molecule has 2 aromatic carbocycles. The highest BCUT2D eigenvalue weighted by Gasteiger charge is 2.18. The standard InChI is InChI=1S/C17H19ClO2/c1-11-5-6-12(2)14(9-11)17(18)15-10-13(19-3)7-8-16(15)20-4/h5-10,17H,1-4H3. The van der Waals surface area contributed by atoms with E-state index in [4.69, 9.17) is 21.1 Å². The van der Waals surface area contributed by atoms with Crippen molar-refractivity contribution in [1.29, 1.82) is 0 Å². The van der Waals surface area contributed by atoms with Crippen LogP contribution in [0.25, 0.3) is 0 Å². The lowest BCUT2D eigenvalue weighted by molar-refractivity contribution is 0.399. The quantitative estimate of drug-likeness (QED) is 0.763. The van der Waals surface area contributed by atoms with Crippen LogP contribution >= 0.6 is 11.6 Å². The monoisotopic (exact) mass is 290 g/mol. The molecular formula is C17H19ClO2. The Morgan fingerprint density at radius 3 is 2.30 bits per heavy atom. The maximum atomic E-state index is 6.69. The zero-order valence-corrected chi connectivity index (χ0v) is 13.0. The molecule has 0 heterocycles. The third-order valence-electron chi connectivity index (χ3n) is 3.42. The smallest absolute Gasteiger partial charge is 0.124 e. The molecule has 0 aromatic heterocycles. The van der Waals surface area contributed by atoms with Crippen molar-refractivity contribution < 1.29 is 9.47 Å². The zero-order valence-electron chi connectivity index (χ0n) is 12.2. The van der Waals surface area contributed by atoms with Gasteiger partial charge in [-0.2, -0.15) is 0 Å². The highest BCUT2D eigenvalue weighted by molar-refractivity contribution is 6.23. The average Bonchev–Trinajstić information content (AvgIpc) is 2.48. The molecule has 0 spiro atoms. The van der Waals surface area contributed by atoms with Crippen LogP contribution in [0, 0.1) is 13.8 Å². The average molecular weight is 291 g/mol. The number of benzene rings is 2. The van der Waals surface area contributed by atoms with Crippen molar-refractivity contribution in [3.8, 4) is 11.5 Å². The fourth-order valence-electron chi connectivity index (χ4n) is 2.24. The van der Waals surface area contributed by atoms with Gasteiger partial charge in [0.05, 0.1) is 19.6 Å². The van der Waals surface area contributed by atoms with Gasteiger partial charge >= 0.3 is 0 Å². The first-order valence-corrected chi connectivity index (χ1v) is 6.93. The fourth-order valence-corrected chi connectivity index (χ4v) is 2.64. The van der Waals surface area contributed by atoms with Crippen molar-refractivity contribution in [1.82, 2.24) is 0 Å². The predicted molar refractivity (Wildman–Crippen MR) is 83.2 cm³/mol. The third kappa shape index (κ3) is 2.91. The minimum Gasteiger partial charge on any atom is -0.497 e. The number of methoxy groups -OCH3 is 2. The van der Waals surface area contributed by atoms with Crippen molar-refractivity contribution in [3.05, 3.63) is 58.7 Å². The summed E-state index contributed by atoms with van der Waals surface area (Å²) in [6.07, 6.45) is 0. The molecule has 0 radical (unpaired) electrons. The second kappa shape index (κ2) is 6.19. The van der Waals surface area contributed by atoms with Crippen LogP contribution in [0.15, 0.2) is 36.4 Å². The molecule has 0 aliphatic carbocycles. The van der Waals surface area contributed by atoms with E-state index < -0.39 is 0 Å². The van der Waals surface area contributed by atoms with E-state index in [0.717, 1.165) is 22.6 Å². The Hall–Kier alpha value is -1.67. The van der Waals surface area contributed by atoms with E-state index in [9.17, 15) is 0 Å². The number of alkyl halides is 1. The molecule has 2 rings (SSSR count). The van der Waals surface area contributed by atoms with Gasteiger partial charge in [0.25, 0.3) is 0 Å². The van der Waals surface area contributed by atoms with E-state index >= 15 is 0 Å². The Bertz CT molecular complexity index is 608. The van der Waals surface area contributed by atoms with E-state index in [0.29, 0.717) is 0 Å². The first-order valence-electron chi connectivity index (χ1n) is 6.50. The van der Waals surface area contributed by atoms with Crippen molar-refractivity contribution in [2.24, 2.45) is 0 Å². The predicted octanol–water partition coefficient (Wildman–Crippen LogP) is 4.65. The Morgan fingerprint density at radius 2 is 1.65 bits per heavy atom. The number of rotatable bonds is 4. The molecule has 20 heavy (non-hydrogen) atoms. The van der Waals surface area contributed by atoms with Crippen molar-refractivity contribution in [2.45, 2.75) is 19.2 Å². The minimum atomic E-state index is -0.264. The second-order valence-corrected chi connectivity index (χ2v) is 5.27. The molecule has 0 fully saturated rings. The first kappa shape index (κ1) is 14.7. The van der Waals surface area contributed by atoms with Crippen molar-refractivity contribution >= 4 is 11.6 Å². The Labute approximate surface area is 125 Å². The van der Waals surface area contributed by atoms with E-state index in [2.05, 4.69) is 32.0 Å². The molecule has 0 saturated carbocycles. The largest absolute Gasteiger partial charge is 0.497 e. The molecule has 0 bridgehead atoms. The first-order chi connectivity index (χ1) is 9.56. The fraction of sp³-hybridized carbons (Fsp3) is 0.294. The van der Waals surface area contributed by atoms with Gasteiger partial charge in [-0.05, 0) is 43.2 Å². The molecule has 0 amide bonds. The van der Waals surface area contributed by atoms with E-state index in [1.54, 1.807) is 14.2 Å². The summed E-state index contributed by atoms with van der Waals surface area (Å²) >= 11 is 6.69. The summed E-state index contributed by atoms with van der Waals surface area (Å²) in [5, 5.41) is -0.264. The van der Waals surface area contributed by atoms with Gasteiger partial charge in [0.2, 0.25) is 0 Å². The molecule has 106 valence electrons. The van der Waals surface area contributed by atoms with Crippen LogP contribution in [0.5, 0.6) is 11.5 Å². The van der Waals surface area contributed by atoms with Crippen molar-refractivity contribution in [3.63, 3.8) is 0 Å². The molecular weight excluding hydrogens is 272 g/mol. The van der Waals surface area contributed by atoms with Crippen LogP contribution in [0.1, 0.15) is 27.6 Å². The molecule has 0 aliphatic heterocycles. The lowest BCUT2D eigenvalue weighted by Crippen LogP contribution is -2.01. The molecule has 1 unspecified atom stereocenters. The van der Waals surface area contributed by atoms with Crippen LogP contribution < -0.4 is 9.47 Å². The Kier molecular flexibility index (Phi) is 4.56. The third-order valence-corrected chi connectivity index (χ3v) is 3.89. The summed E-state index contributed by atoms with van der Waals surface area (Å²) in [5.41, 5.74) is 4.37. The summed E-state index contributed by atoms with van der Waals surface area (Å²) in [5.74, 6) is 1.54. The van der Waals surface area contributed by atoms with Gasteiger partial charge in [0.1, 0.15) is 11.5 Å². The van der Waals surface area contributed by atoms with Gasteiger partial charge in [-0.25, -0.2) is 0 Å². The normalized spacial score (nSPS) is 12.1. The number of hydrogen-bond donors (Lipinski definition) is 0. The van der Waals surface area contributed by atoms with E-state index in [-0.39, 0.29) is 5.38 Å². The van der Waals surface area contributed by atoms with E-state index in [1.807, 2.05) is 18.2 Å². The number of aryl methyl sites for hydroxylation is 2. The highest BCUT2D eigenvalue weighted by atomic mass is 35.5. The van der Waals surface area contributed by atoms with Crippen LogP contribution in [-0.2, 0) is 0 Å². The molecule has 2 nitrogen and oxygen atoms in total. The van der Waals surface area contributed by atoms with Crippen LogP contribution in [0.2, 0.25) is 0 Å². The SMILES string of the molecule is COc1ccc(OC)c(C(Cl)c2cc(C)ccc2C)c1. The number of halogens is 1. The van der Waals surface area contributed by atoms with Gasteiger partial charge in [-0.3, -0.25) is 0 Å². The number of ether oxygens (including phenoxy) is 2. The van der Waals surface area contributed by atoms with Gasteiger partial charge in [0, 0.05) is 5.56 Å². The van der Waals surface area contributed by atoms with Crippen LogP contribution in [-0.4, -0.2) is 14.2 Å². The molecule has 2 aromatic rings. The topological polar surface area (TPSA) is 18.5 Å². The highest BCUT2D eigenvalue weighted by Crippen LogP contribution is 2.38.